The Bertz CT molecular complexity index is 650. The molecule has 0 aromatic carbocycles. The van der Waals surface area contributed by atoms with Gasteiger partial charge in [-0.3, -0.25) is 4.79 Å². The van der Waals surface area contributed by atoms with E-state index in [0.717, 1.165) is 12.8 Å². The number of hydrogen-bond acceptors (Lipinski definition) is 5. The number of nitrogens with zero attached hydrogens (tertiary/aromatic N) is 3. The molecule has 0 aliphatic carbocycles. The van der Waals surface area contributed by atoms with Gasteiger partial charge in [0.1, 0.15) is 5.82 Å². The maximum absolute atomic E-state index is 12.5. The number of carbonyl (C=O) groups excluding carboxylic acids is 1. The van der Waals surface area contributed by atoms with E-state index in [1.165, 1.54) is 6.20 Å². The van der Waals surface area contributed by atoms with Gasteiger partial charge in [-0.25, -0.2) is 23.5 Å². The van der Waals surface area contributed by atoms with Gasteiger partial charge in [-0.2, -0.15) is 0 Å². The minimum Gasteiger partial charge on any atom is -0.337 e. The van der Waals surface area contributed by atoms with Gasteiger partial charge in [0.2, 0.25) is 10.0 Å². The molecule has 2 rings (SSSR count). The normalized spacial score (nSPS) is 19.6. The summed E-state index contributed by atoms with van der Waals surface area (Å²) in [5.74, 6) is -0.113. The molecule has 2 heterocycles. The van der Waals surface area contributed by atoms with Gasteiger partial charge in [0.05, 0.1) is 17.0 Å². The zero-order valence-electron chi connectivity index (χ0n) is 11.6. The summed E-state index contributed by atoms with van der Waals surface area (Å²) in [6.45, 7) is 2.57. The highest BCUT2D eigenvalue weighted by molar-refractivity contribution is 7.89. The average Bonchev–Trinajstić information content (AvgIpc) is 2.39. The number of carbonyl (C=O) groups is 1. The van der Waals surface area contributed by atoms with Crippen molar-refractivity contribution in [2.24, 2.45) is 11.1 Å². The van der Waals surface area contributed by atoms with Crippen LogP contribution in [-0.2, 0) is 10.0 Å². The van der Waals surface area contributed by atoms with Crippen molar-refractivity contribution in [3.63, 3.8) is 0 Å². The first-order valence-electron chi connectivity index (χ1n) is 6.55. The van der Waals surface area contributed by atoms with Gasteiger partial charge in [-0.1, -0.05) is 11.6 Å². The first-order valence-corrected chi connectivity index (χ1v) is 8.64. The predicted octanol–water partition coefficient (Wildman–Crippen LogP) is 0.579. The van der Waals surface area contributed by atoms with Crippen molar-refractivity contribution in [2.45, 2.75) is 19.8 Å². The third-order valence-electron chi connectivity index (χ3n) is 3.34. The van der Waals surface area contributed by atoms with Crippen LogP contribution in [0.3, 0.4) is 0 Å². The van der Waals surface area contributed by atoms with Crippen molar-refractivity contribution in [3.8, 4) is 0 Å². The molecule has 9 heteroatoms. The van der Waals surface area contributed by atoms with E-state index < -0.39 is 10.0 Å². The van der Waals surface area contributed by atoms with Crippen molar-refractivity contribution in [3.05, 3.63) is 22.7 Å². The fourth-order valence-corrected chi connectivity index (χ4v) is 3.57. The smallest absolute Gasteiger partial charge is 0.274 e. The van der Waals surface area contributed by atoms with Gasteiger partial charge in [0, 0.05) is 13.1 Å². The molecule has 0 unspecified atom stereocenters. The van der Waals surface area contributed by atoms with Crippen LogP contribution in [0.1, 0.15) is 29.2 Å². The van der Waals surface area contributed by atoms with Gasteiger partial charge in [0.25, 0.3) is 5.91 Å². The van der Waals surface area contributed by atoms with E-state index in [2.05, 4.69) is 9.97 Å². The molecular weight excluding hydrogens is 316 g/mol. The number of aromatic nitrogens is 2. The molecule has 0 spiro atoms. The number of piperidine rings is 1. The molecule has 1 aromatic rings. The molecule has 21 heavy (non-hydrogen) atoms. The second kappa shape index (κ2) is 6.25. The monoisotopic (exact) mass is 332 g/mol. The van der Waals surface area contributed by atoms with Gasteiger partial charge in [-0.15, -0.1) is 0 Å². The topological polar surface area (TPSA) is 106 Å². The summed E-state index contributed by atoms with van der Waals surface area (Å²) in [5, 5.41) is 5.26. The van der Waals surface area contributed by atoms with Crippen molar-refractivity contribution < 1.29 is 13.2 Å². The third kappa shape index (κ3) is 4.36. The number of nitrogens with two attached hydrogens (primary N) is 1. The van der Waals surface area contributed by atoms with Crippen LogP contribution in [-0.4, -0.2) is 48.0 Å². The summed E-state index contributed by atoms with van der Waals surface area (Å²) in [6.07, 6.45) is 2.85. The minimum atomic E-state index is -3.54. The van der Waals surface area contributed by atoms with Gasteiger partial charge < -0.3 is 4.90 Å². The van der Waals surface area contributed by atoms with Crippen LogP contribution < -0.4 is 5.14 Å². The summed E-state index contributed by atoms with van der Waals surface area (Å²) >= 11 is 5.96. The lowest BCUT2D eigenvalue weighted by atomic mass is 10.00. The fourth-order valence-electron chi connectivity index (χ4n) is 2.47. The summed E-state index contributed by atoms with van der Waals surface area (Å²) in [7, 11) is -3.54. The van der Waals surface area contributed by atoms with Crippen LogP contribution in [0.5, 0.6) is 0 Å². The van der Waals surface area contributed by atoms with Crippen LogP contribution in [0, 0.1) is 12.8 Å². The van der Waals surface area contributed by atoms with E-state index in [1.807, 2.05) is 0 Å². The van der Waals surface area contributed by atoms with E-state index in [-0.39, 0.29) is 28.3 Å². The molecule has 0 bridgehead atoms. The van der Waals surface area contributed by atoms with E-state index in [9.17, 15) is 13.2 Å². The highest BCUT2D eigenvalue weighted by Gasteiger charge is 2.28. The van der Waals surface area contributed by atoms with Crippen LogP contribution in [0.25, 0.3) is 0 Å². The maximum atomic E-state index is 12.5. The quantitative estimate of drug-likeness (QED) is 0.871. The minimum absolute atomic E-state index is 0.118. The Morgan fingerprint density at radius 1 is 1.57 bits per heavy atom. The van der Waals surface area contributed by atoms with Gasteiger partial charge >= 0.3 is 0 Å². The SMILES string of the molecule is Cc1ncc(Cl)c(C(=O)N2CCC[C@@H](CS(N)(=O)=O)C2)n1. The fraction of sp³-hybridized carbons (Fsp3) is 0.583. The molecule has 2 N–H and O–H groups in total. The zero-order valence-corrected chi connectivity index (χ0v) is 13.2. The summed E-state index contributed by atoms with van der Waals surface area (Å²) in [6, 6.07) is 0. The van der Waals surface area contributed by atoms with Gasteiger partial charge in [-0.05, 0) is 25.7 Å². The maximum Gasteiger partial charge on any atom is 0.274 e. The first-order chi connectivity index (χ1) is 9.76. The lowest BCUT2D eigenvalue weighted by molar-refractivity contribution is 0.0678. The van der Waals surface area contributed by atoms with Crippen LogP contribution in [0.15, 0.2) is 6.20 Å². The molecule has 1 aliphatic heterocycles. The highest BCUT2D eigenvalue weighted by atomic mass is 35.5. The number of amides is 1. The van der Waals surface area contributed by atoms with Gasteiger partial charge in [0.15, 0.2) is 5.69 Å². The number of likely N-dealkylation sites (tertiary alicyclic amines) is 1. The largest absolute Gasteiger partial charge is 0.337 e. The number of hydrogen-bond donors (Lipinski definition) is 1. The third-order valence-corrected chi connectivity index (χ3v) is 4.55. The van der Waals surface area contributed by atoms with Crippen molar-refractivity contribution in [1.29, 1.82) is 0 Å². The molecule has 1 aromatic heterocycles. The Labute approximate surface area is 128 Å². The second-order valence-corrected chi connectivity index (χ2v) is 7.27. The van der Waals surface area contributed by atoms with Crippen LogP contribution >= 0.6 is 11.6 Å². The molecule has 1 amide bonds. The molecule has 0 saturated carbocycles. The Morgan fingerprint density at radius 3 is 2.95 bits per heavy atom. The number of halogens is 1. The summed E-state index contributed by atoms with van der Waals surface area (Å²) < 4.78 is 22.4. The molecule has 1 atom stereocenters. The highest BCUT2D eigenvalue weighted by Crippen LogP contribution is 2.21. The molecule has 1 aliphatic rings. The number of primary sulfonamides is 1. The summed E-state index contributed by atoms with van der Waals surface area (Å²) in [4.78, 5) is 22.0. The van der Waals surface area contributed by atoms with E-state index in [0.29, 0.717) is 18.9 Å². The van der Waals surface area contributed by atoms with E-state index in [1.54, 1.807) is 11.8 Å². The van der Waals surface area contributed by atoms with Crippen LogP contribution in [0.2, 0.25) is 5.02 Å². The molecule has 1 saturated heterocycles. The molecule has 0 radical (unpaired) electrons. The van der Waals surface area contributed by atoms with Crippen LogP contribution in [0.4, 0.5) is 0 Å². The second-order valence-electron chi connectivity index (χ2n) is 5.20. The summed E-state index contributed by atoms with van der Waals surface area (Å²) in [5.41, 5.74) is 0.153. The lowest BCUT2D eigenvalue weighted by Gasteiger charge is -2.32. The molecular formula is C12H17ClN4O3S. The molecule has 116 valence electrons. The number of sulfonamides is 1. The standard InChI is InChI=1S/C12H17ClN4O3S/c1-8-15-5-10(13)11(16-8)12(18)17-4-2-3-9(6-17)7-21(14,19)20/h5,9H,2-4,6-7H2,1H3,(H2,14,19,20)/t9-/m1/s1. The van der Waals surface area contributed by atoms with E-state index in [4.69, 9.17) is 16.7 Å². The van der Waals surface area contributed by atoms with Crippen molar-refractivity contribution in [1.82, 2.24) is 14.9 Å². The zero-order chi connectivity index (χ0) is 15.6. The first kappa shape index (κ1) is 16.1. The average molecular weight is 333 g/mol. The Balaban J connectivity index is 2.14. The lowest BCUT2D eigenvalue weighted by Crippen LogP contribution is -2.43. The Hall–Kier alpha value is -1.25. The molecule has 7 nitrogen and oxygen atoms in total. The van der Waals surface area contributed by atoms with Crippen molar-refractivity contribution >= 4 is 27.5 Å². The Morgan fingerprint density at radius 2 is 2.29 bits per heavy atom. The molecule has 1 fully saturated rings. The van der Waals surface area contributed by atoms with Crippen molar-refractivity contribution in [2.75, 3.05) is 18.8 Å². The number of aryl methyl sites for hydroxylation is 1. The van der Waals surface area contributed by atoms with E-state index >= 15 is 0 Å². The Kier molecular flexibility index (Phi) is 4.80. The predicted molar refractivity (Wildman–Crippen MR) is 78.4 cm³/mol. The number of rotatable bonds is 3.